The summed E-state index contributed by atoms with van der Waals surface area (Å²) in [7, 11) is 0. The zero-order valence-electron chi connectivity index (χ0n) is 9.59. The minimum atomic E-state index is -0.437. The standard InChI is InChI=1S/C11H19N3OS/c1-11(12,9-15)5-2-3-8-16-10-13-6-4-7-14-10/h4,6-7,15H,2-3,5,8-9,12H2,1H3. The SMILES string of the molecule is CC(N)(CO)CCCCSc1ncccn1. The van der Waals surface area contributed by atoms with Crippen LogP contribution in [-0.2, 0) is 0 Å². The molecule has 0 aliphatic carbocycles. The predicted molar refractivity (Wildman–Crippen MR) is 66.3 cm³/mol. The lowest BCUT2D eigenvalue weighted by Crippen LogP contribution is -2.39. The number of nitrogens with two attached hydrogens (primary N) is 1. The monoisotopic (exact) mass is 241 g/mol. The molecule has 16 heavy (non-hydrogen) atoms. The van der Waals surface area contributed by atoms with E-state index in [1.54, 1.807) is 24.2 Å². The van der Waals surface area contributed by atoms with Gasteiger partial charge in [-0.15, -0.1) is 0 Å². The fraction of sp³-hybridized carbons (Fsp3) is 0.636. The normalized spacial score (nSPS) is 14.7. The first-order chi connectivity index (χ1) is 7.64. The van der Waals surface area contributed by atoms with Crippen molar-refractivity contribution in [3.63, 3.8) is 0 Å². The molecule has 1 unspecified atom stereocenters. The fourth-order valence-corrected chi connectivity index (χ4v) is 2.04. The van der Waals surface area contributed by atoms with Crippen LogP contribution in [0.25, 0.3) is 0 Å². The van der Waals surface area contributed by atoms with Gasteiger partial charge < -0.3 is 10.8 Å². The summed E-state index contributed by atoms with van der Waals surface area (Å²) in [6.07, 6.45) is 6.43. The van der Waals surface area contributed by atoms with Gasteiger partial charge >= 0.3 is 0 Å². The molecule has 1 heterocycles. The van der Waals surface area contributed by atoms with Crippen LogP contribution in [0.15, 0.2) is 23.6 Å². The van der Waals surface area contributed by atoms with E-state index in [2.05, 4.69) is 9.97 Å². The number of aliphatic hydroxyl groups is 1. The summed E-state index contributed by atoms with van der Waals surface area (Å²) < 4.78 is 0. The van der Waals surface area contributed by atoms with E-state index < -0.39 is 5.54 Å². The number of hydrogen-bond acceptors (Lipinski definition) is 5. The lowest BCUT2D eigenvalue weighted by Gasteiger charge is -2.20. The maximum absolute atomic E-state index is 8.98. The number of unbranched alkanes of at least 4 members (excludes halogenated alkanes) is 1. The Morgan fingerprint density at radius 3 is 2.69 bits per heavy atom. The Morgan fingerprint density at radius 2 is 2.06 bits per heavy atom. The molecule has 3 N–H and O–H groups in total. The van der Waals surface area contributed by atoms with Gasteiger partial charge in [-0.1, -0.05) is 18.2 Å². The van der Waals surface area contributed by atoms with Crippen LogP contribution < -0.4 is 5.73 Å². The number of nitrogens with zero attached hydrogens (tertiary/aromatic N) is 2. The third-order valence-corrected chi connectivity index (χ3v) is 3.24. The molecular formula is C11H19N3OS. The van der Waals surface area contributed by atoms with Crippen molar-refractivity contribution in [1.82, 2.24) is 9.97 Å². The zero-order valence-corrected chi connectivity index (χ0v) is 10.4. The minimum Gasteiger partial charge on any atom is -0.394 e. The summed E-state index contributed by atoms with van der Waals surface area (Å²) in [6.45, 7) is 1.92. The number of hydrogen-bond donors (Lipinski definition) is 2. The topological polar surface area (TPSA) is 72.0 Å². The molecule has 4 nitrogen and oxygen atoms in total. The second kappa shape index (κ2) is 6.83. The van der Waals surface area contributed by atoms with E-state index in [4.69, 9.17) is 10.8 Å². The zero-order chi connectivity index (χ0) is 11.9. The Bertz CT molecular complexity index is 293. The Labute approximate surface area is 101 Å². The van der Waals surface area contributed by atoms with E-state index in [1.165, 1.54) is 0 Å². The van der Waals surface area contributed by atoms with E-state index >= 15 is 0 Å². The Balaban J connectivity index is 2.09. The molecule has 1 atom stereocenters. The maximum Gasteiger partial charge on any atom is 0.187 e. The van der Waals surface area contributed by atoms with Crippen LogP contribution >= 0.6 is 11.8 Å². The fourth-order valence-electron chi connectivity index (χ4n) is 1.23. The van der Waals surface area contributed by atoms with Gasteiger partial charge in [0.15, 0.2) is 5.16 Å². The first kappa shape index (κ1) is 13.4. The molecule has 1 aromatic heterocycles. The molecule has 1 rings (SSSR count). The quantitative estimate of drug-likeness (QED) is 0.429. The number of aliphatic hydroxyl groups excluding tert-OH is 1. The molecule has 0 bridgehead atoms. The second-order valence-corrected chi connectivity index (χ2v) is 5.21. The van der Waals surface area contributed by atoms with Crippen LogP contribution in [0.4, 0.5) is 0 Å². The van der Waals surface area contributed by atoms with E-state index in [0.717, 1.165) is 30.2 Å². The van der Waals surface area contributed by atoms with Gasteiger partial charge in [0.05, 0.1) is 6.61 Å². The van der Waals surface area contributed by atoms with Gasteiger partial charge in [-0.3, -0.25) is 0 Å². The molecule has 5 heteroatoms. The number of rotatable bonds is 7. The molecule has 0 aliphatic heterocycles. The Hall–Kier alpha value is -0.650. The van der Waals surface area contributed by atoms with Crippen molar-refractivity contribution >= 4 is 11.8 Å². The molecule has 1 aromatic rings. The average molecular weight is 241 g/mol. The summed E-state index contributed by atoms with van der Waals surface area (Å²) >= 11 is 1.65. The molecule has 0 saturated carbocycles. The van der Waals surface area contributed by atoms with Crippen molar-refractivity contribution in [3.05, 3.63) is 18.5 Å². The van der Waals surface area contributed by atoms with Crippen molar-refractivity contribution in [1.29, 1.82) is 0 Å². The molecule has 0 fully saturated rings. The van der Waals surface area contributed by atoms with Crippen molar-refractivity contribution in [2.24, 2.45) is 5.73 Å². The average Bonchev–Trinajstić information content (AvgIpc) is 2.30. The lowest BCUT2D eigenvalue weighted by atomic mass is 9.98. The Kier molecular flexibility index (Phi) is 5.73. The van der Waals surface area contributed by atoms with Gasteiger partial charge in [0, 0.05) is 23.7 Å². The molecule has 0 aromatic carbocycles. The smallest absolute Gasteiger partial charge is 0.187 e. The van der Waals surface area contributed by atoms with Crippen molar-refractivity contribution < 1.29 is 5.11 Å². The molecular weight excluding hydrogens is 222 g/mol. The van der Waals surface area contributed by atoms with Crippen LogP contribution in [0, 0.1) is 0 Å². The Morgan fingerprint density at radius 1 is 1.38 bits per heavy atom. The summed E-state index contributed by atoms with van der Waals surface area (Å²) in [6, 6.07) is 1.81. The van der Waals surface area contributed by atoms with Crippen molar-refractivity contribution in [2.75, 3.05) is 12.4 Å². The predicted octanol–water partition coefficient (Wildman–Crippen LogP) is 1.45. The van der Waals surface area contributed by atoms with Crippen molar-refractivity contribution in [3.8, 4) is 0 Å². The second-order valence-electron chi connectivity index (χ2n) is 4.15. The van der Waals surface area contributed by atoms with Crippen LogP contribution in [0.5, 0.6) is 0 Å². The van der Waals surface area contributed by atoms with Gasteiger partial charge in [-0.2, -0.15) is 0 Å². The highest BCUT2D eigenvalue weighted by molar-refractivity contribution is 7.99. The van der Waals surface area contributed by atoms with Gasteiger partial charge in [0.1, 0.15) is 0 Å². The van der Waals surface area contributed by atoms with E-state index in [0.29, 0.717) is 0 Å². The van der Waals surface area contributed by atoms with Gasteiger partial charge in [-0.05, 0) is 25.8 Å². The van der Waals surface area contributed by atoms with Crippen LogP contribution in [0.2, 0.25) is 0 Å². The third kappa shape index (κ3) is 5.44. The molecule has 0 aliphatic rings. The third-order valence-electron chi connectivity index (χ3n) is 2.28. The number of thioether (sulfide) groups is 1. The molecule has 0 spiro atoms. The van der Waals surface area contributed by atoms with Gasteiger partial charge in [0.2, 0.25) is 0 Å². The van der Waals surface area contributed by atoms with Crippen LogP contribution in [0.1, 0.15) is 26.2 Å². The molecule has 0 amide bonds. The highest BCUT2D eigenvalue weighted by Crippen LogP contribution is 2.16. The van der Waals surface area contributed by atoms with E-state index in [9.17, 15) is 0 Å². The lowest BCUT2D eigenvalue weighted by molar-refractivity contribution is 0.198. The number of aromatic nitrogens is 2. The highest BCUT2D eigenvalue weighted by Gasteiger charge is 2.15. The van der Waals surface area contributed by atoms with Crippen LogP contribution in [-0.4, -0.2) is 33.0 Å². The summed E-state index contributed by atoms with van der Waals surface area (Å²) in [4.78, 5) is 8.26. The summed E-state index contributed by atoms with van der Waals surface area (Å²) in [5, 5.41) is 9.80. The van der Waals surface area contributed by atoms with Gasteiger partial charge in [-0.25, -0.2) is 9.97 Å². The van der Waals surface area contributed by atoms with E-state index in [1.807, 2.05) is 13.0 Å². The molecule has 0 radical (unpaired) electrons. The maximum atomic E-state index is 8.98. The first-order valence-corrected chi connectivity index (χ1v) is 6.42. The van der Waals surface area contributed by atoms with Crippen LogP contribution in [0.3, 0.4) is 0 Å². The van der Waals surface area contributed by atoms with Gasteiger partial charge in [0.25, 0.3) is 0 Å². The first-order valence-electron chi connectivity index (χ1n) is 5.44. The molecule has 0 saturated heterocycles. The van der Waals surface area contributed by atoms with Crippen molar-refractivity contribution in [2.45, 2.75) is 36.9 Å². The highest BCUT2D eigenvalue weighted by atomic mass is 32.2. The van der Waals surface area contributed by atoms with E-state index in [-0.39, 0.29) is 6.61 Å². The largest absolute Gasteiger partial charge is 0.394 e. The summed E-state index contributed by atoms with van der Waals surface area (Å²) in [5.74, 6) is 0.992. The summed E-state index contributed by atoms with van der Waals surface area (Å²) in [5.41, 5.74) is 5.39. The molecule has 90 valence electrons. The minimum absolute atomic E-state index is 0.0436.